The molecule has 1 fully saturated rings. The van der Waals surface area contributed by atoms with Crippen LogP contribution in [0, 0.1) is 0 Å². The van der Waals surface area contributed by atoms with E-state index >= 15 is 0 Å². The minimum absolute atomic E-state index is 0.475. The van der Waals surface area contributed by atoms with Gasteiger partial charge in [0.05, 0.1) is 6.54 Å². The number of hydrogen-bond acceptors (Lipinski definition) is 7. The van der Waals surface area contributed by atoms with Gasteiger partial charge in [-0.3, -0.25) is 4.68 Å². The molecule has 0 aliphatic carbocycles. The maximum Gasteiger partial charge on any atom is 0.137 e. The van der Waals surface area contributed by atoms with E-state index in [-0.39, 0.29) is 0 Å². The summed E-state index contributed by atoms with van der Waals surface area (Å²) in [6.07, 6.45) is 7.22. The quantitative estimate of drug-likeness (QED) is 0.841. The molecule has 8 nitrogen and oxygen atoms in total. The van der Waals surface area contributed by atoms with E-state index in [0.717, 1.165) is 50.7 Å². The fourth-order valence-electron chi connectivity index (χ4n) is 2.77. The molecule has 1 aliphatic heterocycles. The molecule has 124 valence electrons. The lowest BCUT2D eigenvalue weighted by molar-refractivity contribution is 0.209. The van der Waals surface area contributed by atoms with Crippen LogP contribution in [-0.2, 0) is 6.54 Å². The monoisotopic (exact) mass is 316 g/mol. The third-order valence-corrected chi connectivity index (χ3v) is 4.16. The standard InChI is InChI=1S/C15H24N8/c1-21(2)15-9-14(17-11-18-15)20-13-3-5-22(6-4-13)7-8-23-12-16-10-19-23/h9-13H,3-8H2,1-2H3,(H,17,18,20). The largest absolute Gasteiger partial charge is 0.367 e. The van der Waals surface area contributed by atoms with Crippen molar-refractivity contribution in [1.29, 1.82) is 0 Å². The SMILES string of the molecule is CN(C)c1cc(NC2CCN(CCn3cncn3)CC2)ncn1. The second-order valence-corrected chi connectivity index (χ2v) is 6.07. The minimum atomic E-state index is 0.475. The zero-order valence-corrected chi connectivity index (χ0v) is 13.8. The molecule has 23 heavy (non-hydrogen) atoms. The maximum absolute atomic E-state index is 4.32. The van der Waals surface area contributed by atoms with E-state index in [4.69, 9.17) is 0 Å². The van der Waals surface area contributed by atoms with Crippen LogP contribution in [0.2, 0.25) is 0 Å². The van der Waals surface area contributed by atoms with Gasteiger partial charge in [-0.25, -0.2) is 15.0 Å². The topological polar surface area (TPSA) is 75.0 Å². The van der Waals surface area contributed by atoms with Gasteiger partial charge in [0, 0.05) is 45.8 Å². The van der Waals surface area contributed by atoms with Crippen molar-refractivity contribution in [3.63, 3.8) is 0 Å². The molecular weight excluding hydrogens is 292 g/mol. The predicted octanol–water partition coefficient (Wildman–Crippen LogP) is 0.711. The molecule has 0 saturated carbocycles. The molecule has 0 atom stereocenters. The van der Waals surface area contributed by atoms with E-state index in [1.165, 1.54) is 0 Å². The maximum atomic E-state index is 4.32. The highest BCUT2D eigenvalue weighted by atomic mass is 15.3. The van der Waals surface area contributed by atoms with Gasteiger partial charge in [0.1, 0.15) is 30.6 Å². The smallest absolute Gasteiger partial charge is 0.137 e. The molecule has 2 aromatic rings. The first-order valence-corrected chi connectivity index (χ1v) is 8.01. The molecule has 1 N–H and O–H groups in total. The van der Waals surface area contributed by atoms with Crippen molar-refractivity contribution in [2.75, 3.05) is 43.9 Å². The Kier molecular flexibility index (Phi) is 5.02. The van der Waals surface area contributed by atoms with Gasteiger partial charge in [-0.2, -0.15) is 5.10 Å². The van der Waals surface area contributed by atoms with Gasteiger partial charge in [-0.05, 0) is 12.8 Å². The highest BCUT2D eigenvalue weighted by Crippen LogP contribution is 2.17. The van der Waals surface area contributed by atoms with Crippen LogP contribution < -0.4 is 10.2 Å². The van der Waals surface area contributed by atoms with Crippen molar-refractivity contribution in [3.05, 3.63) is 25.0 Å². The Bertz CT molecular complexity index is 589. The van der Waals surface area contributed by atoms with Gasteiger partial charge in [-0.15, -0.1) is 0 Å². The lowest BCUT2D eigenvalue weighted by Crippen LogP contribution is -2.40. The summed E-state index contributed by atoms with van der Waals surface area (Å²) in [7, 11) is 3.97. The van der Waals surface area contributed by atoms with Crippen molar-refractivity contribution in [3.8, 4) is 0 Å². The number of rotatable bonds is 6. The van der Waals surface area contributed by atoms with Gasteiger partial charge in [0.2, 0.25) is 0 Å². The highest BCUT2D eigenvalue weighted by molar-refractivity contribution is 5.47. The summed E-state index contributed by atoms with van der Waals surface area (Å²) in [4.78, 5) is 17.0. The summed E-state index contributed by atoms with van der Waals surface area (Å²) < 4.78 is 1.88. The molecule has 0 aromatic carbocycles. The highest BCUT2D eigenvalue weighted by Gasteiger charge is 2.19. The number of hydrogen-bond donors (Lipinski definition) is 1. The summed E-state index contributed by atoms with van der Waals surface area (Å²) in [5, 5.41) is 7.68. The Hall–Kier alpha value is -2.22. The van der Waals surface area contributed by atoms with Crippen molar-refractivity contribution in [1.82, 2.24) is 29.6 Å². The predicted molar refractivity (Wildman–Crippen MR) is 89.5 cm³/mol. The van der Waals surface area contributed by atoms with Crippen LogP contribution >= 0.6 is 0 Å². The molecule has 8 heteroatoms. The molecule has 3 rings (SSSR count). The minimum Gasteiger partial charge on any atom is -0.367 e. The fraction of sp³-hybridized carbons (Fsp3) is 0.600. The molecule has 2 aromatic heterocycles. The normalized spacial score (nSPS) is 16.4. The number of nitrogens with one attached hydrogen (secondary N) is 1. The van der Waals surface area contributed by atoms with E-state index in [1.54, 1.807) is 19.0 Å². The Labute approximate surface area is 136 Å². The van der Waals surface area contributed by atoms with E-state index in [0.29, 0.717) is 6.04 Å². The first kappa shape index (κ1) is 15.7. The Morgan fingerprint density at radius 2 is 2.00 bits per heavy atom. The molecule has 3 heterocycles. The molecular formula is C15H24N8. The fourth-order valence-corrected chi connectivity index (χ4v) is 2.77. The average Bonchev–Trinajstić information content (AvgIpc) is 3.08. The van der Waals surface area contributed by atoms with E-state index in [9.17, 15) is 0 Å². The van der Waals surface area contributed by atoms with E-state index in [2.05, 4.69) is 30.3 Å². The van der Waals surface area contributed by atoms with E-state index < -0.39 is 0 Å². The molecule has 0 radical (unpaired) electrons. The van der Waals surface area contributed by atoms with Gasteiger partial charge >= 0.3 is 0 Å². The Balaban J connectivity index is 1.44. The summed E-state index contributed by atoms with van der Waals surface area (Å²) in [5.41, 5.74) is 0. The average molecular weight is 316 g/mol. The van der Waals surface area contributed by atoms with Crippen LogP contribution in [0.5, 0.6) is 0 Å². The second-order valence-electron chi connectivity index (χ2n) is 6.07. The first-order valence-electron chi connectivity index (χ1n) is 8.01. The third kappa shape index (κ3) is 4.38. The Morgan fingerprint density at radius 3 is 2.70 bits per heavy atom. The summed E-state index contributed by atoms with van der Waals surface area (Å²) >= 11 is 0. The Morgan fingerprint density at radius 1 is 1.17 bits per heavy atom. The van der Waals surface area contributed by atoms with Crippen LogP contribution in [0.25, 0.3) is 0 Å². The zero-order valence-electron chi connectivity index (χ0n) is 13.8. The van der Waals surface area contributed by atoms with Crippen molar-refractivity contribution < 1.29 is 0 Å². The van der Waals surface area contributed by atoms with Gasteiger partial charge in [0.15, 0.2) is 0 Å². The summed E-state index contributed by atoms with van der Waals surface area (Å²) in [6.45, 7) is 4.11. The lowest BCUT2D eigenvalue weighted by atomic mass is 10.1. The van der Waals surface area contributed by atoms with Crippen molar-refractivity contribution in [2.45, 2.75) is 25.4 Å². The molecule has 1 aliphatic rings. The summed E-state index contributed by atoms with van der Waals surface area (Å²) in [6, 6.07) is 2.47. The number of anilines is 2. The van der Waals surface area contributed by atoms with Crippen LogP contribution in [0.4, 0.5) is 11.6 Å². The van der Waals surface area contributed by atoms with Crippen LogP contribution in [-0.4, -0.2) is 69.4 Å². The zero-order chi connectivity index (χ0) is 16.1. The summed E-state index contributed by atoms with van der Waals surface area (Å²) in [5.74, 6) is 1.83. The third-order valence-electron chi connectivity index (χ3n) is 4.16. The molecule has 0 spiro atoms. The van der Waals surface area contributed by atoms with Gasteiger partial charge < -0.3 is 15.1 Å². The van der Waals surface area contributed by atoms with E-state index in [1.807, 2.05) is 29.7 Å². The number of likely N-dealkylation sites (tertiary alicyclic amines) is 1. The van der Waals surface area contributed by atoms with Crippen molar-refractivity contribution >= 4 is 11.6 Å². The second kappa shape index (κ2) is 7.36. The van der Waals surface area contributed by atoms with Crippen molar-refractivity contribution in [2.24, 2.45) is 0 Å². The first-order chi connectivity index (χ1) is 11.2. The number of aromatic nitrogens is 5. The molecule has 0 amide bonds. The van der Waals surface area contributed by atoms with Crippen LogP contribution in [0.1, 0.15) is 12.8 Å². The molecule has 0 bridgehead atoms. The van der Waals surface area contributed by atoms with Gasteiger partial charge in [-0.1, -0.05) is 0 Å². The van der Waals surface area contributed by atoms with Gasteiger partial charge in [0.25, 0.3) is 0 Å². The molecule has 1 saturated heterocycles. The number of piperidine rings is 1. The number of nitrogens with zero attached hydrogens (tertiary/aromatic N) is 7. The van der Waals surface area contributed by atoms with Crippen LogP contribution in [0.3, 0.4) is 0 Å². The molecule has 0 unspecified atom stereocenters. The van der Waals surface area contributed by atoms with Crippen LogP contribution in [0.15, 0.2) is 25.0 Å². The lowest BCUT2D eigenvalue weighted by Gasteiger charge is -2.32.